The lowest BCUT2D eigenvalue weighted by molar-refractivity contribution is -0.136. The lowest BCUT2D eigenvalue weighted by Gasteiger charge is -2.09. The summed E-state index contributed by atoms with van der Waals surface area (Å²) in [6.45, 7) is 3.66. The maximum absolute atomic E-state index is 13.7. The maximum Gasteiger partial charge on any atom is 0.345 e. The SMILES string of the molecule is CCOC(=O)/C(=C(/F)OCC)c1ccccc1. The number of rotatable bonds is 5. The van der Waals surface area contributed by atoms with E-state index in [1.807, 2.05) is 0 Å². The van der Waals surface area contributed by atoms with Crippen molar-refractivity contribution in [3.05, 3.63) is 41.9 Å². The first-order valence-electron chi connectivity index (χ1n) is 5.45. The first-order valence-corrected chi connectivity index (χ1v) is 5.45. The zero-order valence-corrected chi connectivity index (χ0v) is 9.90. The van der Waals surface area contributed by atoms with Crippen molar-refractivity contribution in [2.45, 2.75) is 13.8 Å². The molecule has 0 amide bonds. The van der Waals surface area contributed by atoms with E-state index in [0.29, 0.717) is 5.56 Å². The van der Waals surface area contributed by atoms with Gasteiger partial charge in [0.2, 0.25) is 0 Å². The van der Waals surface area contributed by atoms with Gasteiger partial charge in [-0.3, -0.25) is 0 Å². The molecule has 0 radical (unpaired) electrons. The molecule has 0 atom stereocenters. The predicted molar refractivity (Wildman–Crippen MR) is 62.7 cm³/mol. The molecule has 0 fully saturated rings. The standard InChI is InChI=1S/C13H15FO3/c1-3-16-12(14)11(13(15)17-4-2)10-8-6-5-7-9-10/h5-9H,3-4H2,1-2H3/b12-11-. The summed E-state index contributed by atoms with van der Waals surface area (Å²) in [6.07, 6.45) is 0. The van der Waals surface area contributed by atoms with Crippen LogP contribution in [0.3, 0.4) is 0 Å². The van der Waals surface area contributed by atoms with Crippen molar-refractivity contribution < 1.29 is 18.7 Å². The van der Waals surface area contributed by atoms with Crippen LogP contribution in [-0.2, 0) is 14.3 Å². The van der Waals surface area contributed by atoms with Crippen LogP contribution >= 0.6 is 0 Å². The Balaban J connectivity index is 3.11. The van der Waals surface area contributed by atoms with Crippen molar-refractivity contribution in [3.8, 4) is 0 Å². The minimum Gasteiger partial charge on any atom is -0.470 e. The molecule has 0 bridgehead atoms. The number of hydrogen-bond acceptors (Lipinski definition) is 3. The van der Waals surface area contributed by atoms with Crippen molar-refractivity contribution >= 4 is 11.5 Å². The Bertz CT molecular complexity index is 398. The first-order chi connectivity index (χ1) is 8.20. The monoisotopic (exact) mass is 238 g/mol. The van der Waals surface area contributed by atoms with E-state index in [2.05, 4.69) is 0 Å². The van der Waals surface area contributed by atoms with E-state index in [9.17, 15) is 9.18 Å². The Morgan fingerprint density at radius 2 is 1.71 bits per heavy atom. The molecule has 0 aliphatic heterocycles. The van der Waals surface area contributed by atoms with Crippen LogP contribution in [-0.4, -0.2) is 19.2 Å². The lowest BCUT2D eigenvalue weighted by atomic mass is 10.1. The van der Waals surface area contributed by atoms with Gasteiger partial charge >= 0.3 is 5.97 Å². The van der Waals surface area contributed by atoms with Gasteiger partial charge in [-0.05, 0) is 19.4 Å². The molecular formula is C13H15FO3. The van der Waals surface area contributed by atoms with Gasteiger partial charge in [-0.15, -0.1) is 0 Å². The molecule has 0 saturated carbocycles. The summed E-state index contributed by atoms with van der Waals surface area (Å²) in [4.78, 5) is 11.7. The highest BCUT2D eigenvalue weighted by molar-refractivity contribution is 6.16. The Labute approximate surface area is 99.9 Å². The average molecular weight is 238 g/mol. The Kier molecular flexibility index (Phi) is 5.20. The van der Waals surface area contributed by atoms with E-state index in [0.717, 1.165) is 0 Å². The van der Waals surface area contributed by atoms with Crippen molar-refractivity contribution in [1.82, 2.24) is 0 Å². The van der Waals surface area contributed by atoms with Crippen LogP contribution in [0, 0.1) is 0 Å². The van der Waals surface area contributed by atoms with Crippen molar-refractivity contribution in [1.29, 1.82) is 0 Å². The zero-order chi connectivity index (χ0) is 12.7. The Morgan fingerprint density at radius 3 is 2.24 bits per heavy atom. The topological polar surface area (TPSA) is 35.5 Å². The number of hydrogen-bond donors (Lipinski definition) is 0. The van der Waals surface area contributed by atoms with Crippen LogP contribution in [0.15, 0.2) is 36.3 Å². The molecule has 0 aliphatic carbocycles. The second-order valence-electron chi connectivity index (χ2n) is 3.17. The van der Waals surface area contributed by atoms with Gasteiger partial charge in [0.15, 0.2) is 0 Å². The summed E-state index contributed by atoms with van der Waals surface area (Å²) in [5.74, 6) is -0.718. The van der Waals surface area contributed by atoms with E-state index in [1.165, 1.54) is 0 Å². The predicted octanol–water partition coefficient (Wildman–Crippen LogP) is 2.92. The van der Waals surface area contributed by atoms with Crippen LogP contribution in [0.1, 0.15) is 19.4 Å². The van der Waals surface area contributed by atoms with Crippen LogP contribution in [0.2, 0.25) is 0 Å². The molecule has 1 aromatic carbocycles. The average Bonchev–Trinajstić information content (AvgIpc) is 2.31. The van der Waals surface area contributed by atoms with Gasteiger partial charge in [0.1, 0.15) is 5.57 Å². The number of benzene rings is 1. The van der Waals surface area contributed by atoms with Gasteiger partial charge in [-0.25, -0.2) is 4.79 Å². The Hall–Kier alpha value is -1.84. The van der Waals surface area contributed by atoms with E-state index in [-0.39, 0.29) is 18.8 Å². The van der Waals surface area contributed by atoms with E-state index >= 15 is 0 Å². The third-order valence-corrected chi connectivity index (χ3v) is 2.01. The number of carbonyl (C=O) groups excluding carboxylic acids is 1. The molecule has 17 heavy (non-hydrogen) atoms. The molecule has 0 spiro atoms. The quantitative estimate of drug-likeness (QED) is 0.449. The zero-order valence-electron chi connectivity index (χ0n) is 9.90. The maximum atomic E-state index is 13.7. The highest BCUT2D eigenvalue weighted by Gasteiger charge is 2.20. The third-order valence-electron chi connectivity index (χ3n) is 2.01. The molecule has 0 unspecified atom stereocenters. The first kappa shape index (κ1) is 13.2. The van der Waals surface area contributed by atoms with Crippen molar-refractivity contribution in [3.63, 3.8) is 0 Å². The van der Waals surface area contributed by atoms with Gasteiger partial charge in [0, 0.05) is 0 Å². The van der Waals surface area contributed by atoms with Crippen molar-refractivity contribution in [2.24, 2.45) is 0 Å². The number of esters is 1. The molecule has 1 rings (SSSR count). The third kappa shape index (κ3) is 3.59. The highest BCUT2D eigenvalue weighted by Crippen LogP contribution is 2.22. The molecular weight excluding hydrogens is 223 g/mol. The van der Waals surface area contributed by atoms with Crippen LogP contribution in [0.4, 0.5) is 4.39 Å². The molecule has 92 valence electrons. The second-order valence-corrected chi connectivity index (χ2v) is 3.17. The number of ether oxygens (including phenoxy) is 2. The second kappa shape index (κ2) is 6.68. The normalized spacial score (nSPS) is 11.7. The van der Waals surface area contributed by atoms with E-state index in [1.54, 1.807) is 44.2 Å². The fraction of sp³-hybridized carbons (Fsp3) is 0.308. The van der Waals surface area contributed by atoms with E-state index in [4.69, 9.17) is 9.47 Å². The van der Waals surface area contributed by atoms with Gasteiger partial charge in [-0.2, -0.15) is 4.39 Å². The molecule has 1 aromatic rings. The van der Waals surface area contributed by atoms with E-state index < -0.39 is 12.0 Å². The number of carbonyl (C=O) groups is 1. The largest absolute Gasteiger partial charge is 0.470 e. The Morgan fingerprint density at radius 1 is 1.12 bits per heavy atom. The van der Waals surface area contributed by atoms with Gasteiger partial charge in [-0.1, -0.05) is 30.3 Å². The summed E-state index contributed by atoms with van der Waals surface area (Å²) in [5, 5.41) is 0. The molecule has 0 heterocycles. The van der Waals surface area contributed by atoms with Gasteiger partial charge in [0.25, 0.3) is 6.01 Å². The molecule has 0 aromatic heterocycles. The molecule has 3 nitrogen and oxygen atoms in total. The molecule has 4 heteroatoms. The van der Waals surface area contributed by atoms with Crippen LogP contribution < -0.4 is 0 Å². The van der Waals surface area contributed by atoms with Crippen molar-refractivity contribution in [2.75, 3.05) is 13.2 Å². The minimum absolute atomic E-state index is 0.154. The van der Waals surface area contributed by atoms with Crippen LogP contribution in [0.5, 0.6) is 0 Å². The summed E-state index contributed by atoms with van der Waals surface area (Å²) in [5.41, 5.74) is 0.270. The summed E-state index contributed by atoms with van der Waals surface area (Å²) >= 11 is 0. The summed E-state index contributed by atoms with van der Waals surface area (Å²) in [6, 6.07) is 7.57. The highest BCUT2D eigenvalue weighted by atomic mass is 19.1. The fourth-order valence-corrected chi connectivity index (χ4v) is 1.32. The van der Waals surface area contributed by atoms with Crippen LogP contribution in [0.25, 0.3) is 5.57 Å². The smallest absolute Gasteiger partial charge is 0.345 e. The molecule has 0 aliphatic rings. The van der Waals surface area contributed by atoms with Gasteiger partial charge < -0.3 is 9.47 Å². The fourth-order valence-electron chi connectivity index (χ4n) is 1.32. The summed E-state index contributed by atoms with van der Waals surface area (Å²) < 4.78 is 23.2. The lowest BCUT2D eigenvalue weighted by Crippen LogP contribution is -2.09. The molecule has 0 N–H and O–H groups in total. The molecule has 0 saturated heterocycles. The minimum atomic E-state index is -0.905. The summed E-state index contributed by atoms with van der Waals surface area (Å²) in [7, 11) is 0. The number of halogens is 1. The van der Waals surface area contributed by atoms with Gasteiger partial charge in [0.05, 0.1) is 13.2 Å².